The molecule has 1 aromatic heterocycles. The van der Waals surface area contributed by atoms with Gasteiger partial charge in [0.05, 0.1) is 5.69 Å². The quantitative estimate of drug-likeness (QED) is 0.838. The van der Waals surface area contributed by atoms with E-state index < -0.39 is 0 Å². The van der Waals surface area contributed by atoms with E-state index in [0.29, 0.717) is 0 Å². The molecule has 0 radical (unpaired) electrons. The van der Waals surface area contributed by atoms with Gasteiger partial charge in [0.1, 0.15) is 0 Å². The Balaban J connectivity index is 1.95. The minimum atomic E-state index is 0.870. The summed E-state index contributed by atoms with van der Waals surface area (Å²) in [5, 5.41) is 3.14. The Morgan fingerprint density at radius 1 is 1.00 bits per heavy atom. The number of hydrogen-bond donors (Lipinski definition) is 1. The van der Waals surface area contributed by atoms with Crippen LogP contribution in [0, 0.1) is 0 Å². The average Bonchev–Trinajstić information content (AvgIpc) is 2.50. The van der Waals surface area contributed by atoms with Gasteiger partial charge in [0.25, 0.3) is 0 Å². The largest absolute Gasteiger partial charge is 0.316 e. The zero-order chi connectivity index (χ0) is 14.2. The zero-order valence-corrected chi connectivity index (χ0v) is 12.3. The second-order valence-electron chi connectivity index (χ2n) is 4.98. The van der Waals surface area contributed by atoms with E-state index in [4.69, 9.17) is 0 Å². The topological polar surface area (TPSA) is 28.2 Å². The van der Waals surface area contributed by atoms with Crippen LogP contribution in [0.5, 0.6) is 0 Å². The Kier molecular flexibility index (Phi) is 5.71. The molecule has 0 aliphatic heterocycles. The average molecular weight is 269 g/mol. The van der Waals surface area contributed by atoms with Gasteiger partial charge in [-0.3, -0.25) is 9.88 Å². The lowest BCUT2D eigenvalue weighted by Gasteiger charge is -2.20. The van der Waals surface area contributed by atoms with E-state index in [1.54, 1.807) is 0 Å². The van der Waals surface area contributed by atoms with Gasteiger partial charge in [0, 0.05) is 25.8 Å². The summed E-state index contributed by atoms with van der Waals surface area (Å²) < 4.78 is 0. The second-order valence-corrected chi connectivity index (χ2v) is 4.98. The van der Waals surface area contributed by atoms with Gasteiger partial charge in [0.2, 0.25) is 0 Å². The molecule has 3 heteroatoms. The van der Waals surface area contributed by atoms with Gasteiger partial charge in [-0.05, 0) is 30.8 Å². The lowest BCUT2D eigenvalue weighted by molar-refractivity contribution is 0.268. The summed E-state index contributed by atoms with van der Waals surface area (Å²) in [5.74, 6) is 0. The molecule has 0 aliphatic rings. The van der Waals surface area contributed by atoms with Crippen molar-refractivity contribution >= 4 is 0 Å². The van der Waals surface area contributed by atoms with Gasteiger partial charge in [0.15, 0.2) is 0 Å². The van der Waals surface area contributed by atoms with E-state index in [1.165, 1.54) is 11.1 Å². The van der Waals surface area contributed by atoms with Gasteiger partial charge >= 0.3 is 0 Å². The van der Waals surface area contributed by atoms with Crippen LogP contribution in [0.4, 0.5) is 0 Å². The first kappa shape index (κ1) is 14.7. The number of nitrogens with one attached hydrogen (secondary N) is 1. The Labute approximate surface area is 121 Å². The molecule has 0 saturated carbocycles. The predicted molar refractivity (Wildman–Crippen MR) is 83.2 cm³/mol. The maximum absolute atomic E-state index is 4.55. The summed E-state index contributed by atoms with van der Waals surface area (Å²) in [7, 11) is 1.95. The van der Waals surface area contributed by atoms with Crippen LogP contribution in [0.2, 0.25) is 0 Å². The van der Waals surface area contributed by atoms with Crippen molar-refractivity contribution < 1.29 is 0 Å². The molecule has 0 amide bonds. The van der Waals surface area contributed by atoms with Crippen LogP contribution in [0.1, 0.15) is 23.7 Å². The fourth-order valence-electron chi connectivity index (χ4n) is 2.21. The maximum atomic E-state index is 4.55. The minimum absolute atomic E-state index is 0.870. The van der Waals surface area contributed by atoms with E-state index >= 15 is 0 Å². The van der Waals surface area contributed by atoms with Gasteiger partial charge in [-0.15, -0.1) is 0 Å². The van der Waals surface area contributed by atoms with E-state index in [1.807, 2.05) is 13.2 Å². The number of hydrogen-bond acceptors (Lipinski definition) is 3. The number of pyridine rings is 1. The van der Waals surface area contributed by atoms with Crippen LogP contribution in [0.25, 0.3) is 0 Å². The molecule has 1 aromatic carbocycles. The summed E-state index contributed by atoms with van der Waals surface area (Å²) >= 11 is 0. The number of aromatic nitrogens is 1. The van der Waals surface area contributed by atoms with E-state index in [9.17, 15) is 0 Å². The second kappa shape index (κ2) is 7.78. The zero-order valence-electron chi connectivity index (χ0n) is 12.3. The predicted octanol–water partition coefficient (Wildman–Crippen LogP) is 2.82. The van der Waals surface area contributed by atoms with Crippen molar-refractivity contribution in [3.05, 3.63) is 65.5 Å². The molecule has 0 atom stereocenters. The lowest BCUT2D eigenvalue weighted by atomic mass is 10.2. The SMILES string of the molecule is CCN(Cc1ccccc1)Cc1ccc(CNC)cn1. The van der Waals surface area contributed by atoms with Crippen LogP contribution < -0.4 is 5.32 Å². The van der Waals surface area contributed by atoms with Crippen molar-refractivity contribution in [2.24, 2.45) is 0 Å². The van der Waals surface area contributed by atoms with Crippen LogP contribution in [-0.4, -0.2) is 23.5 Å². The van der Waals surface area contributed by atoms with Crippen molar-refractivity contribution in [3.8, 4) is 0 Å². The summed E-state index contributed by atoms with van der Waals surface area (Å²) in [5.41, 5.74) is 3.70. The normalized spacial score (nSPS) is 10.9. The highest BCUT2D eigenvalue weighted by molar-refractivity contribution is 5.16. The number of rotatable bonds is 7. The smallest absolute Gasteiger partial charge is 0.0544 e. The van der Waals surface area contributed by atoms with Crippen molar-refractivity contribution in [2.75, 3.05) is 13.6 Å². The monoisotopic (exact) mass is 269 g/mol. The first-order valence-corrected chi connectivity index (χ1v) is 7.16. The van der Waals surface area contributed by atoms with Crippen LogP contribution in [0.3, 0.4) is 0 Å². The highest BCUT2D eigenvalue weighted by Gasteiger charge is 2.05. The van der Waals surface area contributed by atoms with E-state index in [-0.39, 0.29) is 0 Å². The minimum Gasteiger partial charge on any atom is -0.316 e. The van der Waals surface area contributed by atoms with Crippen molar-refractivity contribution in [2.45, 2.75) is 26.6 Å². The summed E-state index contributed by atoms with van der Waals surface area (Å²) in [4.78, 5) is 6.94. The Bertz CT molecular complexity index is 493. The van der Waals surface area contributed by atoms with Crippen molar-refractivity contribution in [3.63, 3.8) is 0 Å². The van der Waals surface area contributed by atoms with Gasteiger partial charge in [-0.1, -0.05) is 43.3 Å². The molecule has 106 valence electrons. The molecule has 1 N–H and O–H groups in total. The highest BCUT2D eigenvalue weighted by atomic mass is 15.1. The summed E-state index contributed by atoms with van der Waals surface area (Å²) in [6.07, 6.45) is 1.96. The fraction of sp³-hybridized carbons (Fsp3) is 0.353. The van der Waals surface area contributed by atoms with Crippen LogP contribution >= 0.6 is 0 Å². The van der Waals surface area contributed by atoms with Gasteiger partial charge in [-0.2, -0.15) is 0 Å². The molecule has 3 nitrogen and oxygen atoms in total. The number of benzene rings is 1. The summed E-state index contributed by atoms with van der Waals surface area (Å²) in [6.45, 7) is 5.95. The van der Waals surface area contributed by atoms with Crippen molar-refractivity contribution in [1.82, 2.24) is 15.2 Å². The molecule has 0 aliphatic carbocycles. The van der Waals surface area contributed by atoms with Crippen molar-refractivity contribution in [1.29, 1.82) is 0 Å². The van der Waals surface area contributed by atoms with Gasteiger partial charge in [-0.25, -0.2) is 0 Å². The third-order valence-electron chi connectivity index (χ3n) is 3.35. The molecule has 2 aromatic rings. The van der Waals surface area contributed by atoms with Crippen LogP contribution in [0.15, 0.2) is 48.7 Å². The Hall–Kier alpha value is -1.71. The van der Waals surface area contributed by atoms with E-state index in [2.05, 4.69) is 64.6 Å². The molecule has 0 saturated heterocycles. The molecule has 1 heterocycles. The molecule has 0 fully saturated rings. The third kappa shape index (κ3) is 4.44. The first-order valence-electron chi connectivity index (χ1n) is 7.16. The standard InChI is InChI=1S/C17H23N3/c1-3-20(13-15-7-5-4-6-8-15)14-17-10-9-16(11-18-2)12-19-17/h4-10,12,18H,3,11,13-14H2,1-2H3. The van der Waals surface area contributed by atoms with Gasteiger partial charge < -0.3 is 5.32 Å². The maximum Gasteiger partial charge on any atom is 0.0544 e. The molecule has 0 unspecified atom stereocenters. The van der Waals surface area contributed by atoms with E-state index in [0.717, 1.165) is 31.9 Å². The Morgan fingerprint density at radius 2 is 1.80 bits per heavy atom. The lowest BCUT2D eigenvalue weighted by Crippen LogP contribution is -2.22. The molecular weight excluding hydrogens is 246 g/mol. The fourth-order valence-corrected chi connectivity index (χ4v) is 2.21. The Morgan fingerprint density at radius 3 is 2.40 bits per heavy atom. The molecule has 20 heavy (non-hydrogen) atoms. The summed E-state index contributed by atoms with van der Waals surface area (Å²) in [6, 6.07) is 14.9. The molecular formula is C17H23N3. The molecule has 0 spiro atoms. The highest BCUT2D eigenvalue weighted by Crippen LogP contribution is 2.09. The molecule has 2 rings (SSSR count). The molecule has 0 bridgehead atoms. The first-order chi connectivity index (χ1) is 9.81. The number of nitrogens with zero attached hydrogens (tertiary/aromatic N) is 2. The third-order valence-corrected chi connectivity index (χ3v) is 3.35. The van der Waals surface area contributed by atoms with Crippen LogP contribution in [-0.2, 0) is 19.6 Å².